The minimum atomic E-state index is -0.306. The van der Waals surface area contributed by atoms with E-state index in [-0.39, 0.29) is 11.7 Å². The lowest BCUT2D eigenvalue weighted by molar-refractivity contribution is -0.122. The van der Waals surface area contributed by atoms with Crippen molar-refractivity contribution >= 4 is 45.5 Å². The van der Waals surface area contributed by atoms with Gasteiger partial charge in [0.1, 0.15) is 5.82 Å². The maximum absolute atomic E-state index is 13.1. The highest BCUT2D eigenvalue weighted by molar-refractivity contribution is 8.18. The predicted molar refractivity (Wildman–Crippen MR) is 114 cm³/mol. The van der Waals surface area contributed by atoms with E-state index in [1.54, 1.807) is 17.0 Å². The van der Waals surface area contributed by atoms with Crippen LogP contribution in [0.4, 0.5) is 10.1 Å². The second-order valence-corrected chi connectivity index (χ2v) is 7.43. The molecule has 1 aliphatic heterocycles. The molecule has 1 amide bonds. The second kappa shape index (κ2) is 7.64. The molecule has 4 rings (SSSR count). The van der Waals surface area contributed by atoms with Crippen molar-refractivity contribution in [3.05, 3.63) is 71.0 Å². The monoisotopic (exact) mass is 393 g/mol. The van der Waals surface area contributed by atoms with Gasteiger partial charge in [-0.05, 0) is 62.0 Å². The lowest BCUT2D eigenvalue weighted by Gasteiger charge is -2.11. The number of aryl methyl sites for hydroxylation is 1. The summed E-state index contributed by atoms with van der Waals surface area (Å²) >= 11 is 1.36. The summed E-state index contributed by atoms with van der Waals surface area (Å²) in [5.41, 5.74) is 2.80. The fourth-order valence-corrected chi connectivity index (χ4v) is 4.34. The predicted octanol–water partition coefficient (Wildman–Crippen LogP) is 5.42. The Labute approximate surface area is 167 Å². The van der Waals surface area contributed by atoms with Crippen molar-refractivity contribution < 1.29 is 9.18 Å². The van der Waals surface area contributed by atoms with Crippen LogP contribution in [-0.2, 0) is 11.3 Å². The number of aliphatic imine (C=N–C) groups is 1. The molecule has 1 fully saturated rings. The minimum absolute atomic E-state index is 0.0540. The van der Waals surface area contributed by atoms with Gasteiger partial charge in [0, 0.05) is 35.8 Å². The first kappa shape index (κ1) is 18.5. The van der Waals surface area contributed by atoms with Gasteiger partial charge < -0.3 is 4.57 Å². The van der Waals surface area contributed by atoms with Crippen molar-refractivity contribution in [2.75, 3.05) is 6.54 Å². The van der Waals surface area contributed by atoms with Crippen LogP contribution in [0.5, 0.6) is 0 Å². The molecule has 2 heterocycles. The number of likely N-dealkylation sites (N-methyl/N-ethyl adjacent to an activating group) is 1. The molecule has 0 unspecified atom stereocenters. The first-order valence-electron chi connectivity index (χ1n) is 9.24. The van der Waals surface area contributed by atoms with E-state index in [0.29, 0.717) is 22.3 Å². The molecule has 3 aromatic rings. The van der Waals surface area contributed by atoms with Crippen LogP contribution in [0.25, 0.3) is 17.0 Å². The topological polar surface area (TPSA) is 37.6 Å². The average molecular weight is 393 g/mol. The zero-order valence-corrected chi connectivity index (χ0v) is 16.5. The summed E-state index contributed by atoms with van der Waals surface area (Å²) in [7, 11) is 0. The van der Waals surface area contributed by atoms with Gasteiger partial charge in [0.25, 0.3) is 5.91 Å². The number of hydrogen-bond donors (Lipinski definition) is 0. The Kier molecular flexibility index (Phi) is 5.05. The quantitative estimate of drug-likeness (QED) is 0.555. The fourth-order valence-electron chi connectivity index (χ4n) is 3.29. The van der Waals surface area contributed by atoms with Gasteiger partial charge in [-0.2, -0.15) is 0 Å². The van der Waals surface area contributed by atoms with Gasteiger partial charge in [-0.15, -0.1) is 0 Å². The molecule has 1 aromatic heterocycles. The molecule has 6 heteroatoms. The van der Waals surface area contributed by atoms with Crippen LogP contribution in [0, 0.1) is 5.82 Å². The first-order valence-corrected chi connectivity index (χ1v) is 10.1. The molecule has 0 saturated carbocycles. The maximum atomic E-state index is 13.1. The second-order valence-electron chi connectivity index (χ2n) is 6.42. The third-order valence-electron chi connectivity index (χ3n) is 4.70. The number of fused-ring (bicyclic) bond motifs is 1. The van der Waals surface area contributed by atoms with Crippen molar-refractivity contribution in [1.82, 2.24) is 9.47 Å². The third-order valence-corrected chi connectivity index (χ3v) is 5.71. The number of benzene rings is 2. The van der Waals surface area contributed by atoms with Crippen molar-refractivity contribution in [3.63, 3.8) is 0 Å². The van der Waals surface area contributed by atoms with E-state index in [4.69, 9.17) is 0 Å². The summed E-state index contributed by atoms with van der Waals surface area (Å²) in [6.07, 6.45) is 4.02. The zero-order valence-electron chi connectivity index (χ0n) is 15.7. The normalized spacial score (nSPS) is 17.4. The van der Waals surface area contributed by atoms with Gasteiger partial charge in [-0.3, -0.25) is 9.69 Å². The molecule has 142 valence electrons. The van der Waals surface area contributed by atoms with Crippen LogP contribution in [0.2, 0.25) is 0 Å². The summed E-state index contributed by atoms with van der Waals surface area (Å²) in [4.78, 5) is 19.7. The van der Waals surface area contributed by atoms with Crippen LogP contribution in [0.15, 0.2) is 64.6 Å². The van der Waals surface area contributed by atoms with Crippen molar-refractivity contribution in [3.8, 4) is 0 Å². The van der Waals surface area contributed by atoms with Gasteiger partial charge in [0.15, 0.2) is 5.17 Å². The fraction of sp³-hybridized carbons (Fsp3) is 0.182. The van der Waals surface area contributed by atoms with Crippen molar-refractivity contribution in [1.29, 1.82) is 0 Å². The van der Waals surface area contributed by atoms with Crippen LogP contribution >= 0.6 is 11.8 Å². The number of halogens is 1. The Balaban J connectivity index is 1.73. The lowest BCUT2D eigenvalue weighted by atomic mass is 10.1. The van der Waals surface area contributed by atoms with E-state index >= 15 is 0 Å². The minimum Gasteiger partial charge on any atom is -0.347 e. The summed E-state index contributed by atoms with van der Waals surface area (Å²) in [6.45, 7) is 5.42. The summed E-state index contributed by atoms with van der Waals surface area (Å²) in [5, 5.41) is 1.74. The number of hydrogen-bond acceptors (Lipinski definition) is 3. The average Bonchev–Trinajstić information content (AvgIpc) is 3.21. The molecule has 1 aliphatic rings. The van der Waals surface area contributed by atoms with Crippen LogP contribution in [-0.4, -0.2) is 27.1 Å². The van der Waals surface area contributed by atoms with Crippen LogP contribution in [0.1, 0.15) is 19.4 Å². The number of aromatic nitrogens is 1. The molecule has 2 aromatic carbocycles. The lowest BCUT2D eigenvalue weighted by Crippen LogP contribution is -2.28. The number of amidine groups is 1. The number of carbonyl (C=O) groups excluding carboxylic acids is 1. The SMILES string of the molecule is CCN1C(=O)/C(=C\c2cn(CC)c3ccccc23)SC1=Nc1ccc(F)cc1. The van der Waals surface area contributed by atoms with Crippen LogP contribution in [0.3, 0.4) is 0 Å². The summed E-state index contributed by atoms with van der Waals surface area (Å²) in [5.74, 6) is -0.360. The van der Waals surface area contributed by atoms with Gasteiger partial charge in [0.2, 0.25) is 0 Å². The highest BCUT2D eigenvalue weighted by atomic mass is 32.2. The van der Waals surface area contributed by atoms with E-state index in [1.807, 2.05) is 25.1 Å². The Bertz CT molecular complexity index is 1100. The Morgan fingerprint density at radius 3 is 2.54 bits per heavy atom. The van der Waals surface area contributed by atoms with E-state index in [1.165, 1.54) is 23.9 Å². The maximum Gasteiger partial charge on any atom is 0.266 e. The van der Waals surface area contributed by atoms with E-state index in [2.05, 4.69) is 34.8 Å². The Hall–Kier alpha value is -2.86. The largest absolute Gasteiger partial charge is 0.347 e. The number of carbonyl (C=O) groups is 1. The summed E-state index contributed by atoms with van der Waals surface area (Å²) in [6, 6.07) is 14.1. The Morgan fingerprint density at radius 1 is 1.07 bits per heavy atom. The van der Waals surface area contributed by atoms with Crippen molar-refractivity contribution in [2.24, 2.45) is 4.99 Å². The van der Waals surface area contributed by atoms with Crippen LogP contribution < -0.4 is 0 Å². The molecule has 28 heavy (non-hydrogen) atoms. The number of para-hydroxylation sites is 1. The molecule has 0 N–H and O–H groups in total. The molecule has 0 aliphatic carbocycles. The van der Waals surface area contributed by atoms with Gasteiger partial charge in [0.05, 0.1) is 10.6 Å². The Morgan fingerprint density at radius 2 is 1.82 bits per heavy atom. The molecule has 0 atom stereocenters. The molecule has 4 nitrogen and oxygen atoms in total. The van der Waals surface area contributed by atoms with Crippen molar-refractivity contribution in [2.45, 2.75) is 20.4 Å². The van der Waals surface area contributed by atoms with E-state index in [9.17, 15) is 9.18 Å². The molecule has 0 radical (unpaired) electrons. The smallest absolute Gasteiger partial charge is 0.266 e. The van der Waals surface area contributed by atoms with E-state index in [0.717, 1.165) is 23.0 Å². The van der Waals surface area contributed by atoms with E-state index < -0.39 is 0 Å². The molecular formula is C22H20FN3OS. The zero-order chi connectivity index (χ0) is 19.7. The third kappa shape index (κ3) is 3.36. The number of thioether (sulfide) groups is 1. The number of amides is 1. The van der Waals surface area contributed by atoms with Gasteiger partial charge >= 0.3 is 0 Å². The standard InChI is InChI=1S/C22H20FN3OS/c1-3-25-14-15(18-7-5-6-8-19(18)25)13-20-21(27)26(4-2)22(28-20)24-17-11-9-16(23)10-12-17/h5-14H,3-4H2,1-2H3/b20-13+,24-22?. The number of nitrogens with zero attached hydrogens (tertiary/aromatic N) is 3. The van der Waals surface area contributed by atoms with Gasteiger partial charge in [-0.1, -0.05) is 18.2 Å². The van der Waals surface area contributed by atoms with Gasteiger partial charge in [-0.25, -0.2) is 9.38 Å². The summed E-state index contributed by atoms with van der Waals surface area (Å²) < 4.78 is 15.3. The first-order chi connectivity index (χ1) is 13.6. The molecule has 0 spiro atoms. The highest BCUT2D eigenvalue weighted by Crippen LogP contribution is 2.35. The highest BCUT2D eigenvalue weighted by Gasteiger charge is 2.32. The molecular weight excluding hydrogens is 373 g/mol. The molecule has 0 bridgehead atoms. The molecule has 1 saturated heterocycles. The number of rotatable bonds is 4.